The number of likely N-dealkylation sites (tertiary alicyclic amines) is 1. The number of hydroxylamine groups is 1. The Morgan fingerprint density at radius 1 is 1.18 bits per heavy atom. The fourth-order valence-corrected chi connectivity index (χ4v) is 4.40. The Hall–Kier alpha value is -3.04. The number of fused-ring (bicyclic) bond motifs is 1. The minimum atomic E-state index is -0.608. The molecule has 0 saturated carbocycles. The topological polar surface area (TPSA) is 99.4 Å². The molecule has 0 aliphatic carbocycles. The second kappa shape index (κ2) is 6.25. The zero-order valence-electron chi connectivity index (χ0n) is 15.5. The third-order valence-electron chi connectivity index (χ3n) is 5.66. The molecule has 2 aliphatic heterocycles. The van der Waals surface area contributed by atoms with Crippen molar-refractivity contribution in [3.8, 4) is 0 Å². The lowest BCUT2D eigenvalue weighted by atomic mass is 9.73. The molecule has 2 aliphatic rings. The van der Waals surface area contributed by atoms with Gasteiger partial charge < -0.3 is 4.90 Å². The molecule has 5 rings (SSSR count). The molecule has 4 heterocycles. The number of benzene rings is 1. The van der Waals surface area contributed by atoms with Crippen molar-refractivity contribution in [1.29, 1.82) is 0 Å². The molecule has 144 valence electrons. The number of nitrogens with zero attached hydrogens (tertiary/aromatic N) is 6. The summed E-state index contributed by atoms with van der Waals surface area (Å²) in [7, 11) is 1.99. The van der Waals surface area contributed by atoms with Gasteiger partial charge in [-0.2, -0.15) is 5.10 Å². The molecular formula is C19H21N7O2. The Labute approximate surface area is 161 Å². The summed E-state index contributed by atoms with van der Waals surface area (Å²) in [5.74, 6) is 0.0117. The average molecular weight is 379 g/mol. The molecule has 0 unspecified atom stereocenters. The Kier molecular flexibility index (Phi) is 3.81. The lowest BCUT2D eigenvalue weighted by Crippen LogP contribution is -2.72. The normalized spacial score (nSPS) is 18.1. The number of hydrogen-bond acceptors (Lipinski definition) is 7. The fourth-order valence-electron chi connectivity index (χ4n) is 4.40. The van der Waals surface area contributed by atoms with Crippen molar-refractivity contribution in [1.82, 2.24) is 30.1 Å². The van der Waals surface area contributed by atoms with E-state index in [0.717, 1.165) is 43.9 Å². The minimum Gasteiger partial charge on any atom is -0.339 e. The minimum absolute atomic E-state index is 0.235. The van der Waals surface area contributed by atoms with Crippen LogP contribution in [0.4, 0.5) is 5.95 Å². The summed E-state index contributed by atoms with van der Waals surface area (Å²) in [4.78, 5) is 24.4. The first-order valence-corrected chi connectivity index (χ1v) is 9.21. The van der Waals surface area contributed by atoms with Gasteiger partial charge in [0.15, 0.2) is 0 Å². The monoisotopic (exact) mass is 379 g/mol. The number of rotatable bonds is 4. The summed E-state index contributed by atoms with van der Waals surface area (Å²) in [6, 6.07) is 8.34. The maximum Gasteiger partial charge on any atom is 0.277 e. The number of carbonyl (C=O) groups is 1. The van der Waals surface area contributed by atoms with Crippen molar-refractivity contribution >= 4 is 22.8 Å². The molecule has 9 nitrogen and oxygen atoms in total. The highest BCUT2D eigenvalue weighted by atomic mass is 16.5. The highest BCUT2D eigenvalue weighted by Gasteiger charge is 2.52. The summed E-state index contributed by atoms with van der Waals surface area (Å²) in [6.45, 7) is 4.78. The molecule has 2 N–H and O–H groups in total. The van der Waals surface area contributed by atoms with Crippen LogP contribution < -0.4 is 10.4 Å². The summed E-state index contributed by atoms with van der Waals surface area (Å²) < 4.78 is 1.95. The standard InChI is InChI=1S/C19H21N7O2/c1-24-16-5-3-2-4-14(16)15(22-24)8-25-9-19(10-25)11-26(12-19)18-20-6-13(7-21-18)17(27)23-28/h2-7,28H,8-12H2,1H3,(H,23,27). The number of para-hydroxylation sites is 1. The molecule has 3 aromatic rings. The molecule has 1 spiro atoms. The third kappa shape index (κ3) is 2.71. The van der Waals surface area contributed by atoms with Crippen LogP contribution in [0.3, 0.4) is 0 Å². The van der Waals surface area contributed by atoms with E-state index in [-0.39, 0.29) is 5.56 Å². The molecular weight excluding hydrogens is 358 g/mol. The van der Waals surface area contributed by atoms with Gasteiger partial charge in [-0.05, 0) is 6.07 Å². The quantitative estimate of drug-likeness (QED) is 0.511. The number of anilines is 1. The Morgan fingerprint density at radius 3 is 2.61 bits per heavy atom. The summed E-state index contributed by atoms with van der Waals surface area (Å²) in [5.41, 5.74) is 4.41. The lowest BCUT2D eigenvalue weighted by molar-refractivity contribution is -0.0285. The van der Waals surface area contributed by atoms with E-state index in [4.69, 9.17) is 5.21 Å². The Balaban J connectivity index is 1.18. The zero-order valence-corrected chi connectivity index (χ0v) is 15.5. The van der Waals surface area contributed by atoms with Crippen LogP contribution in [0.25, 0.3) is 10.9 Å². The van der Waals surface area contributed by atoms with Crippen LogP contribution >= 0.6 is 0 Å². The maximum atomic E-state index is 11.3. The SMILES string of the molecule is Cn1nc(CN2CC3(C2)CN(c2ncc(C(=O)NO)cn2)C3)c2ccccc21. The van der Waals surface area contributed by atoms with Gasteiger partial charge in [0.1, 0.15) is 0 Å². The first-order chi connectivity index (χ1) is 13.6. The van der Waals surface area contributed by atoms with Gasteiger partial charge in [-0.3, -0.25) is 19.6 Å². The van der Waals surface area contributed by atoms with Crippen molar-refractivity contribution in [3.05, 3.63) is 47.9 Å². The van der Waals surface area contributed by atoms with E-state index in [1.807, 2.05) is 17.8 Å². The van der Waals surface area contributed by atoms with Gasteiger partial charge in [-0.1, -0.05) is 18.2 Å². The van der Waals surface area contributed by atoms with Gasteiger partial charge in [0.2, 0.25) is 5.95 Å². The van der Waals surface area contributed by atoms with E-state index < -0.39 is 5.91 Å². The van der Waals surface area contributed by atoms with Gasteiger partial charge in [0.05, 0.1) is 16.8 Å². The number of aryl methyl sites for hydroxylation is 1. The van der Waals surface area contributed by atoms with Gasteiger partial charge in [-0.25, -0.2) is 15.4 Å². The number of aromatic nitrogens is 4. The van der Waals surface area contributed by atoms with Gasteiger partial charge in [0.25, 0.3) is 5.91 Å². The summed E-state index contributed by atoms with van der Waals surface area (Å²) >= 11 is 0. The molecule has 0 bridgehead atoms. The maximum absolute atomic E-state index is 11.3. The zero-order chi connectivity index (χ0) is 19.3. The van der Waals surface area contributed by atoms with E-state index >= 15 is 0 Å². The van der Waals surface area contributed by atoms with Crippen LogP contribution in [-0.4, -0.2) is 61.9 Å². The van der Waals surface area contributed by atoms with Crippen LogP contribution in [0.1, 0.15) is 16.1 Å². The molecule has 2 aromatic heterocycles. The smallest absolute Gasteiger partial charge is 0.277 e. The van der Waals surface area contributed by atoms with Crippen LogP contribution in [-0.2, 0) is 13.6 Å². The first-order valence-electron chi connectivity index (χ1n) is 9.21. The number of nitrogens with one attached hydrogen (secondary N) is 1. The second-order valence-corrected chi connectivity index (χ2v) is 7.80. The number of carbonyl (C=O) groups excluding carboxylic acids is 1. The summed E-state index contributed by atoms with van der Waals surface area (Å²) in [6.07, 6.45) is 2.86. The highest BCUT2D eigenvalue weighted by Crippen LogP contribution is 2.41. The van der Waals surface area contributed by atoms with Gasteiger partial charge >= 0.3 is 0 Å². The number of hydrogen-bond donors (Lipinski definition) is 2. The van der Waals surface area contributed by atoms with Gasteiger partial charge in [0, 0.05) is 63.0 Å². The van der Waals surface area contributed by atoms with Crippen molar-refractivity contribution in [2.75, 3.05) is 31.1 Å². The second-order valence-electron chi connectivity index (χ2n) is 7.80. The predicted octanol–water partition coefficient (Wildman–Crippen LogP) is 0.805. The van der Waals surface area contributed by atoms with Crippen LogP contribution in [0, 0.1) is 5.41 Å². The van der Waals surface area contributed by atoms with E-state index in [2.05, 4.69) is 43.1 Å². The average Bonchev–Trinajstić information content (AvgIpc) is 2.98. The van der Waals surface area contributed by atoms with Crippen molar-refractivity contribution < 1.29 is 10.0 Å². The van der Waals surface area contributed by atoms with Gasteiger partial charge in [-0.15, -0.1) is 0 Å². The largest absolute Gasteiger partial charge is 0.339 e. The van der Waals surface area contributed by atoms with E-state index in [1.54, 1.807) is 5.48 Å². The third-order valence-corrected chi connectivity index (χ3v) is 5.66. The molecule has 28 heavy (non-hydrogen) atoms. The fraction of sp³-hybridized carbons (Fsp3) is 0.368. The van der Waals surface area contributed by atoms with Crippen molar-refractivity contribution in [3.63, 3.8) is 0 Å². The van der Waals surface area contributed by atoms with Crippen molar-refractivity contribution in [2.45, 2.75) is 6.54 Å². The Morgan fingerprint density at radius 2 is 1.89 bits per heavy atom. The van der Waals surface area contributed by atoms with Crippen LogP contribution in [0.15, 0.2) is 36.7 Å². The van der Waals surface area contributed by atoms with E-state index in [0.29, 0.717) is 11.4 Å². The summed E-state index contributed by atoms with van der Waals surface area (Å²) in [5, 5.41) is 14.6. The van der Waals surface area contributed by atoms with Crippen LogP contribution in [0.5, 0.6) is 0 Å². The number of amides is 1. The highest BCUT2D eigenvalue weighted by molar-refractivity contribution is 5.92. The molecule has 0 atom stereocenters. The van der Waals surface area contributed by atoms with E-state index in [1.165, 1.54) is 17.8 Å². The predicted molar refractivity (Wildman–Crippen MR) is 102 cm³/mol. The van der Waals surface area contributed by atoms with Crippen LogP contribution in [0.2, 0.25) is 0 Å². The molecule has 1 aromatic carbocycles. The Bertz CT molecular complexity index is 1030. The molecule has 2 fully saturated rings. The lowest BCUT2D eigenvalue weighted by Gasteiger charge is -2.60. The molecule has 9 heteroatoms. The molecule has 2 saturated heterocycles. The van der Waals surface area contributed by atoms with E-state index in [9.17, 15) is 4.79 Å². The molecule has 1 amide bonds. The first kappa shape index (κ1) is 17.1. The molecule has 0 radical (unpaired) electrons. The van der Waals surface area contributed by atoms with Crippen molar-refractivity contribution in [2.24, 2.45) is 12.5 Å².